The lowest BCUT2D eigenvalue weighted by molar-refractivity contribution is -0.130. The molecule has 36 heavy (non-hydrogen) atoms. The summed E-state index contributed by atoms with van der Waals surface area (Å²) < 4.78 is 6.57. The van der Waals surface area contributed by atoms with Crippen LogP contribution < -0.4 is 5.32 Å². The molecule has 0 spiro atoms. The second-order valence-corrected chi connectivity index (χ2v) is 10.5. The van der Waals surface area contributed by atoms with E-state index in [4.69, 9.17) is 15.0 Å². The van der Waals surface area contributed by atoms with Gasteiger partial charge in [-0.25, -0.2) is 4.98 Å². The molecule has 1 N–H and O–H groups in total. The highest BCUT2D eigenvalue weighted by molar-refractivity contribution is 7.18. The van der Waals surface area contributed by atoms with Gasteiger partial charge in [0, 0.05) is 44.9 Å². The summed E-state index contributed by atoms with van der Waals surface area (Å²) in [5, 5.41) is 13.0. The maximum Gasteiger partial charge on any atom is 0.224 e. The first kappa shape index (κ1) is 27.7. The molecular weight excluding hydrogens is 474 g/mol. The third-order valence-corrected chi connectivity index (χ3v) is 7.92. The van der Waals surface area contributed by atoms with Crippen molar-refractivity contribution in [2.75, 3.05) is 13.2 Å². The predicted molar refractivity (Wildman–Crippen MR) is 141 cm³/mol. The van der Waals surface area contributed by atoms with Crippen LogP contribution in [-0.2, 0) is 32.0 Å². The van der Waals surface area contributed by atoms with Gasteiger partial charge < -0.3 is 10.1 Å². The molecule has 0 radical (unpaired) electrons. The molecule has 2 atom stereocenters. The minimum Gasteiger partial charge on any atom is -0.381 e. The topological polar surface area (TPSA) is 109 Å². The average Bonchev–Trinajstić information content (AvgIpc) is 3.31. The van der Waals surface area contributed by atoms with Crippen LogP contribution in [-0.4, -0.2) is 41.7 Å². The molecule has 1 saturated heterocycles. The van der Waals surface area contributed by atoms with Crippen LogP contribution in [0.3, 0.4) is 0 Å². The second kappa shape index (κ2) is 13.4. The Morgan fingerprint density at radius 2 is 2.03 bits per heavy atom. The van der Waals surface area contributed by atoms with Gasteiger partial charge in [-0.15, -0.1) is 11.3 Å². The Labute approximate surface area is 216 Å². The number of hydrogen-bond acceptors (Lipinski definition) is 7. The molecule has 0 unspecified atom stereocenters. The van der Waals surface area contributed by atoms with Gasteiger partial charge in [0.25, 0.3) is 0 Å². The minimum atomic E-state index is -0.532. The Kier molecular flexibility index (Phi) is 10.3. The van der Waals surface area contributed by atoms with Crippen LogP contribution in [0, 0.1) is 23.2 Å². The number of nitriles is 1. The zero-order chi connectivity index (χ0) is 26.1. The van der Waals surface area contributed by atoms with Gasteiger partial charge in [0.2, 0.25) is 5.91 Å². The molecule has 0 aliphatic carbocycles. The highest BCUT2D eigenvalue weighted by Gasteiger charge is 2.30. The van der Waals surface area contributed by atoms with Crippen molar-refractivity contribution in [2.45, 2.75) is 71.3 Å². The number of aryl methyl sites for hydroxylation is 1. The predicted octanol–water partition coefficient (Wildman–Crippen LogP) is 4.73. The number of ether oxygens (including phenoxy) is 1. The Morgan fingerprint density at radius 1 is 1.28 bits per heavy atom. The van der Waals surface area contributed by atoms with Crippen molar-refractivity contribution >= 4 is 39.0 Å². The zero-order valence-electron chi connectivity index (χ0n) is 21.2. The van der Waals surface area contributed by atoms with Crippen molar-refractivity contribution in [3.8, 4) is 6.07 Å². The molecule has 1 fully saturated rings. The van der Waals surface area contributed by atoms with E-state index in [0.717, 1.165) is 34.5 Å². The van der Waals surface area contributed by atoms with E-state index < -0.39 is 5.92 Å². The summed E-state index contributed by atoms with van der Waals surface area (Å²) in [6, 6.07) is 7.78. The smallest absolute Gasteiger partial charge is 0.224 e. The zero-order valence-corrected chi connectivity index (χ0v) is 22.0. The van der Waals surface area contributed by atoms with Gasteiger partial charge in [-0.3, -0.25) is 14.4 Å². The molecule has 0 bridgehead atoms. The van der Waals surface area contributed by atoms with Crippen LogP contribution in [0.15, 0.2) is 30.4 Å². The second-order valence-electron chi connectivity index (χ2n) is 9.38. The fraction of sp³-hybridized carbons (Fsp3) is 0.536. The first-order chi connectivity index (χ1) is 17.3. The summed E-state index contributed by atoms with van der Waals surface area (Å²) in [5.74, 6) is -0.817. The number of benzene rings is 1. The molecule has 1 aromatic heterocycles. The number of nitrogens with zero attached hydrogens (tertiary/aromatic N) is 2. The highest BCUT2D eigenvalue weighted by Crippen LogP contribution is 2.28. The molecule has 7 nitrogen and oxygen atoms in total. The van der Waals surface area contributed by atoms with Gasteiger partial charge in [-0.1, -0.05) is 26.5 Å². The van der Waals surface area contributed by atoms with Crippen LogP contribution in [0.4, 0.5) is 0 Å². The average molecular weight is 510 g/mol. The summed E-state index contributed by atoms with van der Waals surface area (Å²) in [7, 11) is 0. The third kappa shape index (κ3) is 7.55. The van der Waals surface area contributed by atoms with Crippen LogP contribution in [0.5, 0.6) is 0 Å². The first-order valence-corrected chi connectivity index (χ1v) is 13.6. The third-order valence-electron chi connectivity index (χ3n) is 6.88. The van der Waals surface area contributed by atoms with E-state index in [1.54, 1.807) is 24.3 Å². The van der Waals surface area contributed by atoms with Gasteiger partial charge in [-0.2, -0.15) is 5.26 Å². The summed E-state index contributed by atoms with van der Waals surface area (Å²) >= 11 is 1.57. The number of nitrogens with one attached hydrogen (secondary N) is 1. The minimum absolute atomic E-state index is 0.0349. The number of thiazole rings is 1. The fourth-order valence-corrected chi connectivity index (χ4v) is 5.67. The van der Waals surface area contributed by atoms with E-state index in [0.29, 0.717) is 32.5 Å². The molecule has 3 rings (SSSR count). The van der Waals surface area contributed by atoms with Crippen LogP contribution in [0.2, 0.25) is 0 Å². The molecule has 1 aliphatic heterocycles. The Hall–Kier alpha value is -2.89. The van der Waals surface area contributed by atoms with E-state index >= 15 is 0 Å². The molecule has 192 valence electrons. The summed E-state index contributed by atoms with van der Waals surface area (Å²) in [5.41, 5.74) is 2.08. The van der Waals surface area contributed by atoms with Gasteiger partial charge in [-0.05, 0) is 49.3 Å². The van der Waals surface area contributed by atoms with Crippen molar-refractivity contribution in [2.24, 2.45) is 11.8 Å². The Balaban J connectivity index is 1.77. The molecule has 8 heteroatoms. The lowest BCUT2D eigenvalue weighted by Gasteiger charge is -2.32. The number of Topliss-reactive ketones (excluding diaryl/α,β-unsaturated/α-hetero) is 2. The van der Waals surface area contributed by atoms with Crippen molar-refractivity contribution in [3.05, 3.63) is 40.9 Å². The van der Waals surface area contributed by atoms with Gasteiger partial charge in [0.1, 0.15) is 11.9 Å². The standard InChI is InChI=1S/C28H35N3O4S/c1-4-19-6-7-24-26(14-19)36-27(30-24)16-21(15-22(32)5-2)28(34)31-23(20-10-12-35-13-11-20)8-9-25(33)18(3)17-29/h6-7,14,20-21,23H,3-5,8-13,15-16H2,1-2H3,(H,31,34)/t21-,23+/m0/s1. The number of rotatable bonds is 13. The molecule has 1 aromatic carbocycles. The lowest BCUT2D eigenvalue weighted by atomic mass is 9.87. The SMILES string of the molecule is C=C(C#N)C(=O)CC[C@@H](NC(=O)[C@@H](CC(=O)CC)Cc1nc2ccc(CC)cc2s1)C1CCOCC1. The first-order valence-electron chi connectivity index (χ1n) is 12.7. The van der Waals surface area contributed by atoms with Crippen molar-refractivity contribution < 1.29 is 19.1 Å². The lowest BCUT2D eigenvalue weighted by Crippen LogP contribution is -2.45. The van der Waals surface area contributed by atoms with Gasteiger partial charge in [0.15, 0.2) is 5.78 Å². The van der Waals surface area contributed by atoms with Gasteiger partial charge in [0.05, 0.1) is 26.7 Å². The maximum atomic E-state index is 13.5. The quantitative estimate of drug-likeness (QED) is 0.309. The van der Waals surface area contributed by atoms with E-state index in [1.165, 1.54) is 5.56 Å². The van der Waals surface area contributed by atoms with Crippen LogP contribution in [0.1, 0.15) is 62.9 Å². The van der Waals surface area contributed by atoms with Crippen molar-refractivity contribution in [1.29, 1.82) is 5.26 Å². The molecule has 1 amide bonds. The summed E-state index contributed by atoms with van der Waals surface area (Å²) in [4.78, 5) is 42.9. The van der Waals surface area contributed by atoms with Gasteiger partial charge >= 0.3 is 0 Å². The molecule has 0 saturated carbocycles. The number of ketones is 2. The fourth-order valence-electron chi connectivity index (χ4n) is 4.56. The number of hydrogen-bond donors (Lipinski definition) is 1. The summed E-state index contributed by atoms with van der Waals surface area (Å²) in [6.07, 6.45) is 4.00. The molecule has 2 heterocycles. The molecular formula is C28H35N3O4S. The normalized spacial score (nSPS) is 15.7. The number of carbonyl (C=O) groups is 3. The monoisotopic (exact) mass is 509 g/mol. The molecule has 1 aliphatic rings. The number of carbonyl (C=O) groups excluding carboxylic acids is 3. The Morgan fingerprint density at radius 3 is 2.69 bits per heavy atom. The number of allylic oxidation sites excluding steroid dienone is 1. The van der Waals surface area contributed by atoms with Crippen LogP contribution >= 0.6 is 11.3 Å². The van der Waals surface area contributed by atoms with Crippen LogP contribution in [0.25, 0.3) is 10.2 Å². The van der Waals surface area contributed by atoms with Crippen molar-refractivity contribution in [1.82, 2.24) is 10.3 Å². The number of amides is 1. The maximum absolute atomic E-state index is 13.5. The van der Waals surface area contributed by atoms with E-state index in [9.17, 15) is 14.4 Å². The van der Waals surface area contributed by atoms with E-state index in [-0.39, 0.29) is 47.8 Å². The molecule has 2 aromatic rings. The highest BCUT2D eigenvalue weighted by atomic mass is 32.1. The van der Waals surface area contributed by atoms with E-state index in [2.05, 4.69) is 31.0 Å². The van der Waals surface area contributed by atoms with E-state index in [1.807, 2.05) is 6.07 Å². The Bertz CT molecular complexity index is 1140. The number of aromatic nitrogens is 1. The summed E-state index contributed by atoms with van der Waals surface area (Å²) in [6.45, 7) is 8.64. The largest absolute Gasteiger partial charge is 0.381 e. The van der Waals surface area contributed by atoms with Crippen molar-refractivity contribution in [3.63, 3.8) is 0 Å². The number of fused-ring (bicyclic) bond motifs is 1.